The second-order valence-corrected chi connectivity index (χ2v) is 6.98. The van der Waals surface area contributed by atoms with Crippen LogP contribution in [0.4, 0.5) is 11.5 Å². The van der Waals surface area contributed by atoms with Crippen LogP contribution in [0.1, 0.15) is 18.2 Å². The summed E-state index contributed by atoms with van der Waals surface area (Å²) < 4.78 is 5.26. The van der Waals surface area contributed by atoms with Crippen molar-refractivity contribution in [2.45, 2.75) is 31.2 Å². The summed E-state index contributed by atoms with van der Waals surface area (Å²) in [5.74, 6) is 0.698. The first-order chi connectivity index (χ1) is 11.3. The van der Waals surface area contributed by atoms with E-state index in [4.69, 9.17) is 22.1 Å². The molecule has 0 spiro atoms. The van der Waals surface area contributed by atoms with Gasteiger partial charge in [0.1, 0.15) is 11.6 Å². The Morgan fingerprint density at radius 3 is 2.67 bits per heavy atom. The van der Waals surface area contributed by atoms with Gasteiger partial charge in [0.2, 0.25) is 5.91 Å². The number of ether oxygens (including phenoxy) is 1. The van der Waals surface area contributed by atoms with Gasteiger partial charge in [-0.3, -0.25) is 4.79 Å². The van der Waals surface area contributed by atoms with Crippen LogP contribution in [0.3, 0.4) is 0 Å². The lowest BCUT2D eigenvalue weighted by molar-refractivity contribution is -0.115. The lowest BCUT2D eigenvalue weighted by Gasteiger charge is -2.15. The third-order valence-corrected chi connectivity index (χ3v) is 4.61. The van der Waals surface area contributed by atoms with Crippen LogP contribution in [-0.4, -0.2) is 28.2 Å². The highest BCUT2D eigenvalue weighted by molar-refractivity contribution is 8.00. The van der Waals surface area contributed by atoms with Crippen molar-refractivity contribution in [1.82, 2.24) is 9.97 Å². The molecular weight excluding hydrogens is 348 g/mol. The molecule has 0 saturated heterocycles. The van der Waals surface area contributed by atoms with Crippen molar-refractivity contribution >= 4 is 40.8 Å². The Labute approximate surface area is 150 Å². The number of hydrogen-bond acceptors (Lipinski definition) is 6. The Balaban J connectivity index is 2.13. The molecular formula is C16H19ClN4O2S. The minimum Gasteiger partial charge on any atom is -0.495 e. The summed E-state index contributed by atoms with van der Waals surface area (Å²) in [5, 5.41) is 3.48. The molecule has 0 fully saturated rings. The quantitative estimate of drug-likeness (QED) is 0.622. The highest BCUT2D eigenvalue weighted by atomic mass is 35.5. The van der Waals surface area contributed by atoms with Crippen molar-refractivity contribution in [3.8, 4) is 5.75 Å². The first-order valence-electron chi connectivity index (χ1n) is 7.23. The van der Waals surface area contributed by atoms with Crippen molar-refractivity contribution in [3.63, 3.8) is 0 Å². The first kappa shape index (κ1) is 18.4. The number of carbonyl (C=O) groups excluding carboxylic acids is 1. The van der Waals surface area contributed by atoms with E-state index in [2.05, 4.69) is 15.3 Å². The Morgan fingerprint density at radius 2 is 2.04 bits per heavy atom. The van der Waals surface area contributed by atoms with Gasteiger partial charge in [0, 0.05) is 22.8 Å². The number of nitrogens with zero attached hydrogens (tertiary/aromatic N) is 2. The number of carbonyl (C=O) groups is 1. The highest BCUT2D eigenvalue weighted by Crippen LogP contribution is 2.31. The fourth-order valence-electron chi connectivity index (χ4n) is 1.99. The molecule has 0 aliphatic carbocycles. The summed E-state index contributed by atoms with van der Waals surface area (Å²) in [6.07, 6.45) is 0. The summed E-state index contributed by atoms with van der Waals surface area (Å²) in [7, 11) is 1.53. The van der Waals surface area contributed by atoms with E-state index < -0.39 is 5.25 Å². The van der Waals surface area contributed by atoms with Gasteiger partial charge in [0.25, 0.3) is 0 Å². The summed E-state index contributed by atoms with van der Waals surface area (Å²) in [6.45, 7) is 5.46. The molecule has 24 heavy (non-hydrogen) atoms. The smallest absolute Gasteiger partial charge is 0.237 e. The van der Waals surface area contributed by atoms with Crippen LogP contribution in [0.5, 0.6) is 5.75 Å². The standard InChI is InChI=1S/C16H19ClN4O2S/c1-8-5-12(13(23-4)7-11(8)17)20-15(22)10(3)24-16-19-9(2)6-14(18)21-16/h5-7,10H,1-4H3,(H,20,22)(H2,18,19,21)/t10-/m0/s1. The van der Waals surface area contributed by atoms with Gasteiger partial charge >= 0.3 is 0 Å². The molecule has 0 aliphatic heterocycles. The number of benzene rings is 1. The minimum atomic E-state index is -0.410. The molecule has 2 aromatic rings. The molecule has 8 heteroatoms. The number of hydrogen-bond donors (Lipinski definition) is 2. The monoisotopic (exact) mass is 366 g/mol. The third kappa shape index (κ3) is 4.52. The van der Waals surface area contributed by atoms with Gasteiger partial charge in [0.05, 0.1) is 18.0 Å². The van der Waals surface area contributed by atoms with E-state index in [-0.39, 0.29) is 5.91 Å². The van der Waals surface area contributed by atoms with E-state index in [1.807, 2.05) is 13.8 Å². The van der Waals surface area contributed by atoms with Crippen LogP contribution in [0.25, 0.3) is 0 Å². The molecule has 6 nitrogen and oxygen atoms in total. The largest absolute Gasteiger partial charge is 0.495 e. The van der Waals surface area contributed by atoms with Crippen LogP contribution in [0, 0.1) is 13.8 Å². The zero-order valence-electron chi connectivity index (χ0n) is 13.9. The Kier molecular flexibility index (Phi) is 5.90. The van der Waals surface area contributed by atoms with Gasteiger partial charge in [-0.2, -0.15) is 0 Å². The number of nitrogen functional groups attached to an aromatic ring is 1. The van der Waals surface area contributed by atoms with Crippen molar-refractivity contribution in [3.05, 3.63) is 34.5 Å². The van der Waals surface area contributed by atoms with Crippen LogP contribution >= 0.6 is 23.4 Å². The lowest BCUT2D eigenvalue weighted by atomic mass is 10.2. The fraction of sp³-hybridized carbons (Fsp3) is 0.312. The van der Waals surface area contributed by atoms with Crippen LogP contribution < -0.4 is 15.8 Å². The number of aromatic nitrogens is 2. The van der Waals surface area contributed by atoms with Gasteiger partial charge in [-0.15, -0.1) is 0 Å². The normalized spacial score (nSPS) is 11.9. The van der Waals surface area contributed by atoms with E-state index in [0.717, 1.165) is 11.3 Å². The van der Waals surface area contributed by atoms with Crippen molar-refractivity contribution in [2.24, 2.45) is 0 Å². The SMILES string of the molecule is COc1cc(Cl)c(C)cc1NC(=O)[C@H](C)Sc1nc(C)cc(N)n1. The molecule has 1 aromatic carbocycles. The number of anilines is 2. The lowest BCUT2D eigenvalue weighted by Crippen LogP contribution is -2.23. The molecule has 1 atom stereocenters. The Hall–Kier alpha value is -1.99. The van der Waals surface area contributed by atoms with Gasteiger partial charge in [-0.1, -0.05) is 23.4 Å². The summed E-state index contributed by atoms with van der Waals surface area (Å²) in [5.41, 5.74) is 7.89. The molecule has 0 radical (unpaired) electrons. The number of thioether (sulfide) groups is 1. The number of amides is 1. The topological polar surface area (TPSA) is 90.1 Å². The molecule has 2 rings (SSSR count). The second-order valence-electron chi connectivity index (χ2n) is 5.27. The van der Waals surface area contributed by atoms with E-state index in [0.29, 0.717) is 27.4 Å². The highest BCUT2D eigenvalue weighted by Gasteiger charge is 2.18. The van der Waals surface area contributed by atoms with Crippen molar-refractivity contribution in [1.29, 1.82) is 0 Å². The number of aryl methyl sites for hydroxylation is 2. The predicted molar refractivity (Wildman–Crippen MR) is 97.9 cm³/mol. The Morgan fingerprint density at radius 1 is 1.33 bits per heavy atom. The maximum absolute atomic E-state index is 12.4. The van der Waals surface area contributed by atoms with Crippen molar-refractivity contribution < 1.29 is 9.53 Å². The van der Waals surface area contributed by atoms with Gasteiger partial charge in [-0.25, -0.2) is 9.97 Å². The molecule has 3 N–H and O–H groups in total. The Bertz CT molecular complexity index is 750. The molecule has 0 aliphatic rings. The number of rotatable bonds is 5. The van der Waals surface area contributed by atoms with Crippen LogP contribution in [0.2, 0.25) is 5.02 Å². The number of nitrogens with one attached hydrogen (secondary N) is 1. The molecule has 0 saturated carbocycles. The predicted octanol–water partition coefficient (Wildman–Crippen LogP) is 3.46. The second kappa shape index (κ2) is 7.72. The maximum atomic E-state index is 12.4. The van der Waals surface area contributed by atoms with Gasteiger partial charge in [-0.05, 0) is 32.4 Å². The summed E-state index contributed by atoms with van der Waals surface area (Å²) in [4.78, 5) is 20.8. The zero-order valence-corrected chi connectivity index (χ0v) is 15.5. The molecule has 1 heterocycles. The number of halogens is 1. The average molecular weight is 367 g/mol. The van der Waals surface area contributed by atoms with E-state index >= 15 is 0 Å². The number of nitrogens with two attached hydrogens (primary N) is 1. The summed E-state index contributed by atoms with van der Waals surface area (Å²) in [6, 6.07) is 5.13. The third-order valence-electron chi connectivity index (χ3n) is 3.24. The zero-order chi connectivity index (χ0) is 17.9. The molecule has 1 aromatic heterocycles. The van der Waals surface area contributed by atoms with Gasteiger partial charge in [0.15, 0.2) is 5.16 Å². The maximum Gasteiger partial charge on any atom is 0.237 e. The molecule has 0 unspecified atom stereocenters. The van der Waals surface area contributed by atoms with Crippen LogP contribution in [-0.2, 0) is 4.79 Å². The van der Waals surface area contributed by atoms with Gasteiger partial charge < -0.3 is 15.8 Å². The first-order valence-corrected chi connectivity index (χ1v) is 8.48. The van der Waals surface area contributed by atoms with E-state index in [1.165, 1.54) is 18.9 Å². The van der Waals surface area contributed by atoms with E-state index in [1.54, 1.807) is 25.1 Å². The van der Waals surface area contributed by atoms with Crippen LogP contribution in [0.15, 0.2) is 23.4 Å². The fourth-order valence-corrected chi connectivity index (χ4v) is 2.98. The summed E-state index contributed by atoms with van der Waals surface area (Å²) >= 11 is 7.31. The number of methoxy groups -OCH3 is 1. The molecule has 1 amide bonds. The molecule has 128 valence electrons. The van der Waals surface area contributed by atoms with E-state index in [9.17, 15) is 4.79 Å². The molecule has 0 bridgehead atoms. The van der Waals surface area contributed by atoms with Crippen molar-refractivity contribution in [2.75, 3.05) is 18.2 Å². The average Bonchev–Trinajstić information content (AvgIpc) is 2.49. The minimum absolute atomic E-state index is 0.191.